The maximum Gasteiger partial charge on any atom is 0.103 e. The second kappa shape index (κ2) is 8.42. The summed E-state index contributed by atoms with van der Waals surface area (Å²) in [6.07, 6.45) is 4.02. The number of hydrogen-bond acceptors (Lipinski definition) is 4. The molecular weight excluding hydrogens is 302 g/mol. The molecule has 1 aromatic carbocycles. The number of nitrogens with one attached hydrogen (secondary N) is 1. The molecular formula is C19H27N3O2. The van der Waals surface area contributed by atoms with E-state index in [-0.39, 0.29) is 6.10 Å². The molecule has 24 heavy (non-hydrogen) atoms. The molecule has 0 radical (unpaired) electrons. The fourth-order valence-corrected chi connectivity index (χ4v) is 3.44. The monoisotopic (exact) mass is 329 g/mol. The second-order valence-corrected chi connectivity index (χ2v) is 6.47. The van der Waals surface area contributed by atoms with Crippen LogP contribution >= 0.6 is 0 Å². The molecule has 5 nitrogen and oxygen atoms in total. The lowest BCUT2D eigenvalue weighted by atomic mass is 9.98. The Kier molecular flexibility index (Phi) is 6.01. The van der Waals surface area contributed by atoms with Gasteiger partial charge >= 0.3 is 0 Å². The van der Waals surface area contributed by atoms with Crippen molar-refractivity contribution >= 4 is 0 Å². The summed E-state index contributed by atoms with van der Waals surface area (Å²) in [5, 5.41) is 7.96. The molecule has 0 amide bonds. The van der Waals surface area contributed by atoms with Gasteiger partial charge in [-0.25, -0.2) is 0 Å². The third kappa shape index (κ3) is 4.23. The zero-order chi connectivity index (χ0) is 16.8. The van der Waals surface area contributed by atoms with Crippen molar-refractivity contribution in [1.82, 2.24) is 15.1 Å². The van der Waals surface area contributed by atoms with E-state index in [1.165, 1.54) is 5.56 Å². The molecule has 5 heteroatoms. The van der Waals surface area contributed by atoms with Crippen LogP contribution in [0.5, 0.6) is 0 Å². The molecule has 0 bridgehead atoms. The summed E-state index contributed by atoms with van der Waals surface area (Å²) in [6, 6.07) is 12.9. The smallest absolute Gasteiger partial charge is 0.103 e. The quantitative estimate of drug-likeness (QED) is 0.808. The van der Waals surface area contributed by atoms with Gasteiger partial charge in [-0.2, -0.15) is 5.10 Å². The lowest BCUT2D eigenvalue weighted by molar-refractivity contribution is 0.0814. The third-order valence-electron chi connectivity index (χ3n) is 4.73. The Morgan fingerprint density at radius 2 is 2.17 bits per heavy atom. The third-order valence-corrected chi connectivity index (χ3v) is 4.73. The Hall–Kier alpha value is -1.69. The Labute approximate surface area is 144 Å². The van der Waals surface area contributed by atoms with Gasteiger partial charge in [-0.1, -0.05) is 30.3 Å². The molecule has 1 N–H and O–H groups in total. The molecule has 2 aromatic rings. The van der Waals surface area contributed by atoms with E-state index in [2.05, 4.69) is 46.8 Å². The minimum absolute atomic E-state index is 0.130. The highest BCUT2D eigenvalue weighted by molar-refractivity contribution is 5.16. The lowest BCUT2D eigenvalue weighted by Gasteiger charge is -2.23. The highest BCUT2D eigenvalue weighted by Crippen LogP contribution is 2.33. The molecule has 3 rings (SSSR count). The molecule has 0 aliphatic carbocycles. The fourth-order valence-electron chi connectivity index (χ4n) is 3.44. The van der Waals surface area contributed by atoms with Gasteiger partial charge < -0.3 is 14.8 Å². The minimum atomic E-state index is 0.130. The van der Waals surface area contributed by atoms with Crippen molar-refractivity contribution in [3.8, 4) is 0 Å². The van der Waals surface area contributed by atoms with Crippen LogP contribution < -0.4 is 5.32 Å². The van der Waals surface area contributed by atoms with Gasteiger partial charge in [0.1, 0.15) is 6.10 Å². The number of methoxy groups -OCH3 is 1. The van der Waals surface area contributed by atoms with E-state index >= 15 is 0 Å². The summed E-state index contributed by atoms with van der Waals surface area (Å²) in [5.74, 6) is 0.468. The first-order valence-corrected chi connectivity index (χ1v) is 8.63. The molecule has 1 saturated heterocycles. The zero-order valence-corrected chi connectivity index (χ0v) is 14.5. The molecule has 2 heterocycles. The van der Waals surface area contributed by atoms with Gasteiger partial charge in [0.15, 0.2) is 0 Å². The van der Waals surface area contributed by atoms with Gasteiger partial charge in [0.2, 0.25) is 0 Å². The summed E-state index contributed by atoms with van der Waals surface area (Å²) >= 11 is 0. The van der Waals surface area contributed by atoms with E-state index < -0.39 is 0 Å². The maximum atomic E-state index is 5.97. The van der Waals surface area contributed by atoms with Crippen LogP contribution in [0.3, 0.4) is 0 Å². The predicted molar refractivity (Wildman–Crippen MR) is 93.8 cm³/mol. The number of nitrogens with zero attached hydrogens (tertiary/aromatic N) is 2. The van der Waals surface area contributed by atoms with Crippen molar-refractivity contribution in [2.75, 3.05) is 26.9 Å². The van der Waals surface area contributed by atoms with E-state index in [1.807, 2.05) is 17.9 Å². The summed E-state index contributed by atoms with van der Waals surface area (Å²) in [4.78, 5) is 0. The van der Waals surface area contributed by atoms with Gasteiger partial charge in [0.05, 0.1) is 12.3 Å². The van der Waals surface area contributed by atoms with Gasteiger partial charge in [0, 0.05) is 45.5 Å². The standard InChI is InChI=1S/C19H27N3O2/c1-22-18(8-10-21-22)19-16(9-11-24-19)13-20-17(14-23-2)12-15-6-4-3-5-7-15/h3-8,10,16-17,19-20H,9,11-14H2,1-2H3/t16-,17+,19+/m0/s1. The van der Waals surface area contributed by atoms with E-state index in [0.29, 0.717) is 18.6 Å². The molecule has 0 spiro atoms. The van der Waals surface area contributed by atoms with Crippen LogP contribution in [0.25, 0.3) is 0 Å². The van der Waals surface area contributed by atoms with E-state index in [1.54, 1.807) is 7.11 Å². The van der Waals surface area contributed by atoms with Crippen LogP contribution in [0.15, 0.2) is 42.6 Å². The first kappa shape index (κ1) is 17.1. The Morgan fingerprint density at radius 1 is 1.33 bits per heavy atom. The predicted octanol–water partition coefficient (Wildman–Crippen LogP) is 2.34. The highest BCUT2D eigenvalue weighted by atomic mass is 16.5. The van der Waals surface area contributed by atoms with E-state index in [0.717, 1.165) is 31.7 Å². The number of hydrogen-bond donors (Lipinski definition) is 1. The van der Waals surface area contributed by atoms with Crippen LogP contribution in [0.2, 0.25) is 0 Å². The van der Waals surface area contributed by atoms with Gasteiger partial charge in [-0.15, -0.1) is 0 Å². The van der Waals surface area contributed by atoms with Gasteiger partial charge in [-0.3, -0.25) is 4.68 Å². The number of aryl methyl sites for hydroxylation is 1. The number of rotatable bonds is 8. The zero-order valence-electron chi connectivity index (χ0n) is 14.5. The summed E-state index contributed by atoms with van der Waals surface area (Å²) in [6.45, 7) is 2.45. The first-order chi connectivity index (χ1) is 11.8. The Morgan fingerprint density at radius 3 is 2.88 bits per heavy atom. The molecule has 130 valence electrons. The largest absolute Gasteiger partial charge is 0.383 e. The van der Waals surface area contributed by atoms with Crippen molar-refractivity contribution in [3.05, 3.63) is 53.9 Å². The molecule has 1 aliphatic rings. The molecule has 0 saturated carbocycles. The van der Waals surface area contributed by atoms with Crippen LogP contribution in [0, 0.1) is 5.92 Å². The van der Waals surface area contributed by atoms with Crippen molar-refractivity contribution < 1.29 is 9.47 Å². The van der Waals surface area contributed by atoms with Crippen LogP contribution in [0.1, 0.15) is 23.8 Å². The van der Waals surface area contributed by atoms with Crippen LogP contribution in [-0.2, 0) is 22.9 Å². The minimum Gasteiger partial charge on any atom is -0.383 e. The van der Waals surface area contributed by atoms with Crippen molar-refractivity contribution in [1.29, 1.82) is 0 Å². The Balaban J connectivity index is 1.58. The molecule has 1 aromatic heterocycles. The maximum absolute atomic E-state index is 5.97. The van der Waals surface area contributed by atoms with Crippen molar-refractivity contribution in [2.24, 2.45) is 13.0 Å². The number of aromatic nitrogens is 2. The van der Waals surface area contributed by atoms with Crippen LogP contribution in [0.4, 0.5) is 0 Å². The lowest BCUT2D eigenvalue weighted by Crippen LogP contribution is -2.39. The van der Waals surface area contributed by atoms with Crippen molar-refractivity contribution in [2.45, 2.75) is 25.0 Å². The normalized spacial score (nSPS) is 21.9. The van der Waals surface area contributed by atoms with E-state index in [9.17, 15) is 0 Å². The summed E-state index contributed by atoms with van der Waals surface area (Å²) in [7, 11) is 3.74. The average Bonchev–Trinajstić information content (AvgIpc) is 3.22. The number of ether oxygens (including phenoxy) is 2. The van der Waals surface area contributed by atoms with Gasteiger partial charge in [-0.05, 0) is 24.5 Å². The molecule has 1 fully saturated rings. The SMILES string of the molecule is COC[C@@H](Cc1ccccc1)NC[C@@H]1CCO[C@H]1c1ccnn1C. The number of benzene rings is 1. The highest BCUT2D eigenvalue weighted by Gasteiger charge is 2.31. The second-order valence-electron chi connectivity index (χ2n) is 6.47. The van der Waals surface area contributed by atoms with Crippen LogP contribution in [-0.4, -0.2) is 42.7 Å². The first-order valence-electron chi connectivity index (χ1n) is 8.63. The van der Waals surface area contributed by atoms with Gasteiger partial charge in [0.25, 0.3) is 0 Å². The molecule has 0 unspecified atom stereocenters. The van der Waals surface area contributed by atoms with E-state index in [4.69, 9.17) is 9.47 Å². The molecule has 3 atom stereocenters. The summed E-state index contributed by atoms with van der Waals surface area (Å²) < 4.78 is 13.3. The summed E-state index contributed by atoms with van der Waals surface area (Å²) in [5.41, 5.74) is 2.49. The fraction of sp³-hybridized carbons (Fsp3) is 0.526. The Bertz CT molecular complexity index is 614. The average molecular weight is 329 g/mol. The topological polar surface area (TPSA) is 48.3 Å². The van der Waals surface area contributed by atoms with Crippen molar-refractivity contribution in [3.63, 3.8) is 0 Å². The molecule has 1 aliphatic heterocycles.